The molecule has 0 bridgehead atoms. The lowest BCUT2D eigenvalue weighted by molar-refractivity contribution is -0.149. The minimum Gasteiger partial charge on any atom is -0.481 e. The van der Waals surface area contributed by atoms with Gasteiger partial charge in [-0.15, -0.1) is 0 Å². The van der Waals surface area contributed by atoms with Gasteiger partial charge in [0, 0.05) is 25.2 Å². The van der Waals surface area contributed by atoms with Crippen molar-refractivity contribution in [3.63, 3.8) is 0 Å². The molecule has 0 unspecified atom stereocenters. The first-order valence-corrected chi connectivity index (χ1v) is 8.22. The number of rotatable bonds is 4. The maximum absolute atomic E-state index is 11.8. The number of benzene rings is 1. The molecule has 1 aliphatic heterocycles. The van der Waals surface area contributed by atoms with Gasteiger partial charge in [-0.2, -0.15) is 5.10 Å². The summed E-state index contributed by atoms with van der Waals surface area (Å²) in [6.07, 6.45) is 4.77. The standard InChI is InChI=1S/C18H21N3O2/c22-17(23)18-8-4-7-15(18)11-21(12-18)10-14-9-19-20-16(14)13-5-2-1-3-6-13/h1-3,5-6,9,15H,4,7-8,10-12H2,(H,19,20)(H,22,23)/t15-,18+/m0/s1. The van der Waals surface area contributed by atoms with Crippen LogP contribution in [0.2, 0.25) is 0 Å². The highest BCUT2D eigenvalue weighted by Gasteiger charge is 2.54. The Morgan fingerprint density at radius 3 is 2.96 bits per heavy atom. The van der Waals surface area contributed by atoms with E-state index >= 15 is 0 Å². The molecular formula is C18H21N3O2. The smallest absolute Gasteiger partial charge is 0.311 e. The number of aromatic nitrogens is 2. The molecule has 1 aliphatic carbocycles. The molecule has 0 radical (unpaired) electrons. The van der Waals surface area contributed by atoms with Crippen molar-refractivity contribution in [2.45, 2.75) is 25.8 Å². The number of nitrogens with zero attached hydrogens (tertiary/aromatic N) is 2. The maximum Gasteiger partial charge on any atom is 0.311 e. The van der Waals surface area contributed by atoms with Gasteiger partial charge in [0.25, 0.3) is 0 Å². The fourth-order valence-electron chi connectivity index (χ4n) is 4.39. The van der Waals surface area contributed by atoms with Crippen molar-refractivity contribution in [1.29, 1.82) is 0 Å². The normalized spacial score (nSPS) is 27.2. The van der Waals surface area contributed by atoms with E-state index in [0.717, 1.165) is 49.2 Å². The summed E-state index contributed by atoms with van der Waals surface area (Å²) >= 11 is 0. The zero-order chi connectivity index (χ0) is 15.9. The molecule has 1 saturated heterocycles. The molecule has 4 rings (SSSR count). The van der Waals surface area contributed by atoms with Crippen LogP contribution in [-0.4, -0.2) is 39.3 Å². The molecule has 2 aliphatic rings. The molecule has 1 aromatic carbocycles. The fourth-order valence-corrected chi connectivity index (χ4v) is 4.39. The van der Waals surface area contributed by atoms with Gasteiger partial charge < -0.3 is 5.11 Å². The second kappa shape index (κ2) is 5.49. The summed E-state index contributed by atoms with van der Waals surface area (Å²) in [6, 6.07) is 10.2. The quantitative estimate of drug-likeness (QED) is 0.911. The van der Waals surface area contributed by atoms with Crippen molar-refractivity contribution in [3.05, 3.63) is 42.1 Å². The Bertz CT molecular complexity index is 712. The van der Waals surface area contributed by atoms with Crippen molar-refractivity contribution in [3.8, 4) is 11.3 Å². The lowest BCUT2D eigenvalue weighted by Crippen LogP contribution is -2.35. The molecule has 5 nitrogen and oxygen atoms in total. The van der Waals surface area contributed by atoms with E-state index in [0.29, 0.717) is 12.5 Å². The van der Waals surface area contributed by atoms with Crippen LogP contribution >= 0.6 is 0 Å². The number of aliphatic carboxylic acids is 1. The number of carbonyl (C=O) groups is 1. The summed E-state index contributed by atoms with van der Waals surface area (Å²) in [7, 11) is 0. The van der Waals surface area contributed by atoms with Crippen LogP contribution in [0.1, 0.15) is 24.8 Å². The summed E-state index contributed by atoms with van der Waals surface area (Å²) in [5, 5.41) is 17.0. The number of hydrogen-bond acceptors (Lipinski definition) is 3. The van der Waals surface area contributed by atoms with Crippen LogP contribution in [0.25, 0.3) is 11.3 Å². The number of likely N-dealkylation sites (tertiary alicyclic amines) is 1. The number of carboxylic acids is 1. The van der Waals surface area contributed by atoms with Crippen molar-refractivity contribution >= 4 is 5.97 Å². The van der Waals surface area contributed by atoms with Crippen LogP contribution < -0.4 is 0 Å². The molecule has 5 heteroatoms. The second-order valence-corrected chi connectivity index (χ2v) is 6.86. The van der Waals surface area contributed by atoms with Crippen LogP contribution in [0.3, 0.4) is 0 Å². The molecule has 2 aromatic rings. The third kappa shape index (κ3) is 2.36. The predicted molar refractivity (Wildman–Crippen MR) is 86.7 cm³/mol. The molecule has 2 N–H and O–H groups in total. The van der Waals surface area contributed by atoms with Crippen LogP contribution in [0, 0.1) is 11.3 Å². The van der Waals surface area contributed by atoms with E-state index in [1.165, 1.54) is 0 Å². The van der Waals surface area contributed by atoms with Crippen molar-refractivity contribution in [2.75, 3.05) is 13.1 Å². The molecule has 120 valence electrons. The number of aromatic amines is 1. The van der Waals surface area contributed by atoms with Crippen molar-refractivity contribution < 1.29 is 9.90 Å². The molecule has 23 heavy (non-hydrogen) atoms. The lowest BCUT2D eigenvalue weighted by atomic mass is 9.81. The van der Waals surface area contributed by atoms with E-state index < -0.39 is 11.4 Å². The molecule has 1 saturated carbocycles. The molecule has 0 amide bonds. The second-order valence-electron chi connectivity index (χ2n) is 6.86. The zero-order valence-corrected chi connectivity index (χ0v) is 13.0. The highest BCUT2D eigenvalue weighted by Crippen LogP contribution is 2.49. The van der Waals surface area contributed by atoms with Gasteiger partial charge in [-0.1, -0.05) is 36.8 Å². The number of nitrogens with one attached hydrogen (secondary N) is 1. The Kier molecular flexibility index (Phi) is 3.45. The molecule has 2 atom stereocenters. The summed E-state index contributed by atoms with van der Waals surface area (Å²) < 4.78 is 0. The first kappa shape index (κ1) is 14.5. The van der Waals surface area contributed by atoms with Crippen LogP contribution in [0.15, 0.2) is 36.5 Å². The monoisotopic (exact) mass is 311 g/mol. The number of carboxylic acid groups (broad SMARTS) is 1. The third-order valence-electron chi connectivity index (χ3n) is 5.54. The van der Waals surface area contributed by atoms with Crippen LogP contribution in [-0.2, 0) is 11.3 Å². The van der Waals surface area contributed by atoms with E-state index in [1.54, 1.807) is 0 Å². The highest BCUT2D eigenvalue weighted by molar-refractivity contribution is 5.76. The summed E-state index contributed by atoms with van der Waals surface area (Å²) in [5.74, 6) is -0.315. The highest BCUT2D eigenvalue weighted by atomic mass is 16.4. The SMILES string of the molecule is O=C(O)[C@@]12CCC[C@H]1CN(Cc1cn[nH]c1-c1ccccc1)C2. The van der Waals surface area contributed by atoms with Gasteiger partial charge in [0.2, 0.25) is 0 Å². The van der Waals surface area contributed by atoms with Gasteiger partial charge in [0.15, 0.2) is 0 Å². The summed E-state index contributed by atoms with van der Waals surface area (Å²) in [5.41, 5.74) is 2.77. The molecule has 0 spiro atoms. The van der Waals surface area contributed by atoms with Crippen molar-refractivity contribution in [2.24, 2.45) is 11.3 Å². The Morgan fingerprint density at radius 2 is 2.22 bits per heavy atom. The Labute approximate surface area is 135 Å². The van der Waals surface area contributed by atoms with Crippen LogP contribution in [0.4, 0.5) is 0 Å². The number of fused-ring (bicyclic) bond motifs is 1. The van der Waals surface area contributed by atoms with Crippen molar-refractivity contribution in [1.82, 2.24) is 15.1 Å². The first-order valence-electron chi connectivity index (χ1n) is 8.22. The Morgan fingerprint density at radius 1 is 1.39 bits per heavy atom. The van der Waals surface area contributed by atoms with Gasteiger partial charge in [0.05, 0.1) is 17.3 Å². The van der Waals surface area contributed by atoms with E-state index in [4.69, 9.17) is 0 Å². The third-order valence-corrected chi connectivity index (χ3v) is 5.54. The van der Waals surface area contributed by atoms with Gasteiger partial charge in [0.1, 0.15) is 0 Å². The zero-order valence-electron chi connectivity index (χ0n) is 13.0. The van der Waals surface area contributed by atoms with E-state index in [1.807, 2.05) is 24.4 Å². The lowest BCUT2D eigenvalue weighted by Gasteiger charge is -2.23. The van der Waals surface area contributed by atoms with E-state index in [-0.39, 0.29) is 0 Å². The van der Waals surface area contributed by atoms with Gasteiger partial charge in [-0.05, 0) is 24.3 Å². The minimum absolute atomic E-state index is 0.298. The number of hydrogen-bond donors (Lipinski definition) is 2. The maximum atomic E-state index is 11.8. The Hall–Kier alpha value is -2.14. The Balaban J connectivity index is 1.55. The van der Waals surface area contributed by atoms with E-state index in [2.05, 4.69) is 27.2 Å². The summed E-state index contributed by atoms with van der Waals surface area (Å²) in [4.78, 5) is 14.1. The predicted octanol–water partition coefficient (Wildman–Crippen LogP) is 2.76. The fraction of sp³-hybridized carbons (Fsp3) is 0.444. The van der Waals surface area contributed by atoms with E-state index in [9.17, 15) is 9.90 Å². The average Bonchev–Trinajstić information content (AvgIpc) is 3.22. The summed E-state index contributed by atoms with van der Waals surface area (Å²) in [6.45, 7) is 2.30. The molecule has 2 heterocycles. The molecule has 2 fully saturated rings. The van der Waals surface area contributed by atoms with Gasteiger partial charge in [-0.3, -0.25) is 14.8 Å². The molecule has 1 aromatic heterocycles. The van der Waals surface area contributed by atoms with Gasteiger partial charge in [-0.25, -0.2) is 0 Å². The van der Waals surface area contributed by atoms with Crippen LogP contribution in [0.5, 0.6) is 0 Å². The molecular weight excluding hydrogens is 290 g/mol. The average molecular weight is 311 g/mol. The topological polar surface area (TPSA) is 69.2 Å². The first-order chi connectivity index (χ1) is 11.2. The van der Waals surface area contributed by atoms with Gasteiger partial charge >= 0.3 is 5.97 Å². The largest absolute Gasteiger partial charge is 0.481 e. The minimum atomic E-state index is -0.613. The number of H-pyrrole nitrogens is 1.